The molecule has 0 heterocycles. The summed E-state index contributed by atoms with van der Waals surface area (Å²) in [4.78, 5) is 23.6. The molecule has 2 aliphatic rings. The number of rotatable bonds is 0. The predicted octanol–water partition coefficient (Wildman–Crippen LogP) is 4.06. The van der Waals surface area contributed by atoms with E-state index in [-0.39, 0.29) is 10.1 Å². The van der Waals surface area contributed by atoms with Crippen molar-refractivity contribution in [1.82, 2.24) is 0 Å². The van der Waals surface area contributed by atoms with Crippen molar-refractivity contribution in [2.45, 2.75) is 6.42 Å². The van der Waals surface area contributed by atoms with E-state index in [2.05, 4.69) is 11.5 Å². The Kier molecular flexibility index (Phi) is 5.16. The van der Waals surface area contributed by atoms with Gasteiger partial charge in [0.1, 0.15) is 10.1 Å². The van der Waals surface area contributed by atoms with Crippen molar-refractivity contribution in [2.24, 2.45) is 0 Å². The standard InChI is InChI=1S/C17H10Cl2O2/c18-14-7-8-15(19)17(21)10-6-13-4-2-1-3-12(11-13)5-9-16(14)20/h1-6,9-10H,11H2/b9-5+,10-6+,15-14?. The molecule has 2 rings (SSSR count). The number of carbonyl (C=O) groups excluding carboxylic acids is 2. The smallest absolute Gasteiger partial charge is 0.205 e. The van der Waals surface area contributed by atoms with Gasteiger partial charge < -0.3 is 0 Å². The van der Waals surface area contributed by atoms with Crippen molar-refractivity contribution in [3.8, 4) is 0 Å². The van der Waals surface area contributed by atoms with E-state index in [9.17, 15) is 9.59 Å². The number of hydrogen-bond acceptors (Lipinski definition) is 2. The maximum Gasteiger partial charge on any atom is 0.205 e. The summed E-state index contributed by atoms with van der Waals surface area (Å²) in [5.41, 5.74) is 6.61. The minimum absolute atomic E-state index is 0.180. The van der Waals surface area contributed by atoms with Crippen molar-refractivity contribution >= 4 is 34.8 Å². The van der Waals surface area contributed by atoms with E-state index < -0.39 is 11.6 Å². The molecule has 104 valence electrons. The number of fused-ring (bicyclic) bond motifs is 2. The Hall–Kier alpha value is -2.08. The van der Waals surface area contributed by atoms with Gasteiger partial charge >= 0.3 is 0 Å². The average Bonchev–Trinajstić information content (AvgIpc) is 2.71. The van der Waals surface area contributed by atoms with Crippen LogP contribution in [0.4, 0.5) is 0 Å². The highest BCUT2D eigenvalue weighted by Gasteiger charge is 2.06. The summed E-state index contributed by atoms with van der Waals surface area (Å²) in [7, 11) is 0. The highest BCUT2D eigenvalue weighted by atomic mass is 35.5. The van der Waals surface area contributed by atoms with Gasteiger partial charge in [0, 0.05) is 0 Å². The van der Waals surface area contributed by atoms with Gasteiger partial charge in [0.15, 0.2) is 0 Å². The van der Waals surface area contributed by atoms with E-state index in [4.69, 9.17) is 23.2 Å². The van der Waals surface area contributed by atoms with Gasteiger partial charge in [-0.1, -0.05) is 59.7 Å². The van der Waals surface area contributed by atoms with Crippen molar-refractivity contribution in [3.63, 3.8) is 0 Å². The van der Waals surface area contributed by atoms with Crippen LogP contribution in [0.1, 0.15) is 6.42 Å². The molecule has 21 heavy (non-hydrogen) atoms. The fourth-order valence-corrected chi connectivity index (χ4v) is 1.91. The van der Waals surface area contributed by atoms with Crippen molar-refractivity contribution < 1.29 is 9.59 Å². The topological polar surface area (TPSA) is 34.1 Å². The Morgan fingerprint density at radius 1 is 0.762 bits per heavy atom. The molecule has 2 nitrogen and oxygen atoms in total. The van der Waals surface area contributed by atoms with Gasteiger partial charge in [-0.05, 0) is 41.2 Å². The van der Waals surface area contributed by atoms with Crippen LogP contribution in [0.5, 0.6) is 0 Å². The Balaban J connectivity index is 2.55. The lowest BCUT2D eigenvalue weighted by Crippen LogP contribution is -1.91. The Morgan fingerprint density at radius 3 is 1.62 bits per heavy atom. The molecule has 0 N–H and O–H groups in total. The molecule has 0 fully saturated rings. The summed E-state index contributed by atoms with van der Waals surface area (Å²) < 4.78 is 0. The van der Waals surface area contributed by atoms with Crippen molar-refractivity contribution in [1.29, 1.82) is 0 Å². The molecule has 0 aromatic heterocycles. The molecule has 0 saturated carbocycles. The number of carbonyl (C=O) groups is 2. The molecule has 2 aliphatic carbocycles. The first kappa shape index (κ1) is 15.3. The molecule has 0 atom stereocenters. The molecular weight excluding hydrogens is 307 g/mol. The lowest BCUT2D eigenvalue weighted by Gasteiger charge is -2.01. The number of halogens is 2. The molecule has 0 spiro atoms. The summed E-state index contributed by atoms with van der Waals surface area (Å²) in [6, 6.07) is 0. The van der Waals surface area contributed by atoms with Gasteiger partial charge in [-0.2, -0.15) is 0 Å². The first-order valence-electron chi connectivity index (χ1n) is 6.14. The zero-order valence-corrected chi connectivity index (χ0v) is 12.4. The summed E-state index contributed by atoms with van der Waals surface area (Å²) in [5.74, 6) is -0.846. The minimum Gasteiger partial charge on any atom is -0.288 e. The Bertz CT molecular complexity index is 684. The molecule has 0 aromatic rings. The second-order valence-corrected chi connectivity index (χ2v) is 5.07. The molecule has 0 aliphatic heterocycles. The van der Waals surface area contributed by atoms with E-state index in [1.54, 1.807) is 12.2 Å². The second-order valence-electron chi connectivity index (χ2n) is 4.32. The highest BCUT2D eigenvalue weighted by Crippen LogP contribution is 2.18. The summed E-state index contributed by atoms with van der Waals surface area (Å²) in [6.07, 6.45) is 14.2. The summed E-state index contributed by atoms with van der Waals surface area (Å²) in [6.45, 7) is 0. The first-order chi connectivity index (χ1) is 10.1. The number of ketones is 2. The lowest BCUT2D eigenvalue weighted by molar-refractivity contribution is -0.111. The Labute approximate surface area is 132 Å². The van der Waals surface area contributed by atoms with Crippen LogP contribution in [0.15, 0.2) is 81.3 Å². The summed E-state index contributed by atoms with van der Waals surface area (Å²) in [5, 5.41) is -0.359. The van der Waals surface area contributed by atoms with Gasteiger partial charge in [0.25, 0.3) is 0 Å². The van der Waals surface area contributed by atoms with Crippen LogP contribution in [-0.2, 0) is 9.59 Å². The fourth-order valence-electron chi connectivity index (χ4n) is 1.69. The molecular formula is C17H10Cl2O2. The van der Waals surface area contributed by atoms with Crippen LogP contribution in [0.25, 0.3) is 0 Å². The van der Waals surface area contributed by atoms with E-state index >= 15 is 0 Å². The molecule has 0 aromatic carbocycles. The molecule has 0 radical (unpaired) electrons. The van der Waals surface area contributed by atoms with Gasteiger partial charge in [0.2, 0.25) is 11.6 Å². The summed E-state index contributed by atoms with van der Waals surface area (Å²) >= 11 is 11.6. The molecule has 0 amide bonds. The number of allylic oxidation sites excluding steroid dienone is 12. The zero-order chi connectivity index (χ0) is 15.2. The number of hydrogen-bond donors (Lipinski definition) is 0. The minimum atomic E-state index is -0.423. The van der Waals surface area contributed by atoms with E-state index in [1.807, 2.05) is 24.3 Å². The SMILES string of the molecule is O=C1/C=C/C2=CC=CC=C(/C=C/C(=O)C(Cl)=C=C=C1Cl)C2. The van der Waals surface area contributed by atoms with E-state index in [0.717, 1.165) is 11.1 Å². The van der Waals surface area contributed by atoms with Gasteiger partial charge in [-0.15, -0.1) is 0 Å². The van der Waals surface area contributed by atoms with Crippen LogP contribution < -0.4 is 0 Å². The molecule has 0 unspecified atom stereocenters. The normalized spacial score (nSPS) is 21.8. The largest absolute Gasteiger partial charge is 0.288 e. The average molecular weight is 317 g/mol. The van der Waals surface area contributed by atoms with E-state index in [1.165, 1.54) is 12.2 Å². The lowest BCUT2D eigenvalue weighted by atomic mass is 10.0. The maximum atomic E-state index is 11.8. The van der Waals surface area contributed by atoms with Gasteiger partial charge in [-0.25, -0.2) is 0 Å². The maximum absolute atomic E-state index is 11.8. The predicted molar refractivity (Wildman–Crippen MR) is 84.0 cm³/mol. The van der Waals surface area contributed by atoms with Crippen molar-refractivity contribution in [2.75, 3.05) is 0 Å². The van der Waals surface area contributed by atoms with Crippen LogP contribution in [0, 0.1) is 0 Å². The van der Waals surface area contributed by atoms with Crippen molar-refractivity contribution in [3.05, 3.63) is 81.3 Å². The van der Waals surface area contributed by atoms with Crippen LogP contribution in [0.2, 0.25) is 0 Å². The van der Waals surface area contributed by atoms with Crippen LogP contribution in [0.3, 0.4) is 0 Å². The van der Waals surface area contributed by atoms with Gasteiger partial charge in [-0.3, -0.25) is 9.59 Å². The molecule has 4 heteroatoms. The Morgan fingerprint density at radius 2 is 1.19 bits per heavy atom. The third kappa shape index (κ3) is 4.46. The molecule has 2 bridgehead atoms. The highest BCUT2D eigenvalue weighted by molar-refractivity contribution is 6.45. The first-order valence-corrected chi connectivity index (χ1v) is 6.90. The fraction of sp³-hybridized carbons (Fsp3) is 0.0588. The quantitative estimate of drug-likeness (QED) is 0.631. The van der Waals surface area contributed by atoms with Crippen LogP contribution in [-0.4, -0.2) is 11.6 Å². The zero-order valence-electron chi connectivity index (χ0n) is 10.9. The third-order valence-corrected chi connectivity index (χ3v) is 3.31. The van der Waals surface area contributed by atoms with E-state index in [0.29, 0.717) is 6.42 Å². The third-order valence-electron chi connectivity index (χ3n) is 2.75. The van der Waals surface area contributed by atoms with Crippen LogP contribution >= 0.6 is 23.2 Å². The monoisotopic (exact) mass is 316 g/mol. The molecule has 0 saturated heterocycles. The second kappa shape index (κ2) is 7.08. The van der Waals surface area contributed by atoms with Gasteiger partial charge in [0.05, 0.1) is 0 Å².